The summed E-state index contributed by atoms with van der Waals surface area (Å²) in [7, 11) is 0. The van der Waals surface area contributed by atoms with Crippen molar-refractivity contribution in [2.75, 3.05) is 11.9 Å². The van der Waals surface area contributed by atoms with Crippen LogP contribution in [0.1, 0.15) is 12.8 Å². The van der Waals surface area contributed by atoms with Crippen LogP contribution in [-0.4, -0.2) is 16.9 Å². The number of aromatic nitrogens is 1. The van der Waals surface area contributed by atoms with Crippen LogP contribution in [0.4, 0.5) is 10.2 Å². The molecular weight excluding hydrogens is 238 g/mol. The minimum absolute atomic E-state index is 0.0573. The molecule has 1 fully saturated rings. The van der Waals surface area contributed by atoms with E-state index in [1.54, 1.807) is 0 Å². The fourth-order valence-corrected chi connectivity index (χ4v) is 1.84. The van der Waals surface area contributed by atoms with Crippen molar-refractivity contribution in [3.05, 3.63) is 23.1 Å². The Balaban J connectivity index is 1.92. The average molecular weight is 249 g/mol. The van der Waals surface area contributed by atoms with E-state index in [0.29, 0.717) is 17.5 Å². The van der Waals surface area contributed by atoms with Gasteiger partial charge in [-0.1, -0.05) is 11.6 Å². The summed E-state index contributed by atoms with van der Waals surface area (Å²) in [5.74, 6) is 0.349. The Morgan fingerprint density at radius 1 is 1.60 bits per heavy atom. The Morgan fingerprint density at radius 2 is 2.33 bits per heavy atom. The van der Waals surface area contributed by atoms with Gasteiger partial charge in [0.25, 0.3) is 0 Å². The number of pyridine rings is 1. The number of hydrogen-bond donors (Lipinski definition) is 1. The van der Waals surface area contributed by atoms with Crippen molar-refractivity contribution in [1.29, 1.82) is 0 Å². The Bertz CT molecular complexity index is 355. The largest absolute Gasteiger partial charge is 0.366 e. The molecule has 15 heavy (non-hydrogen) atoms. The lowest BCUT2D eigenvalue weighted by molar-refractivity contribution is 0.623. The van der Waals surface area contributed by atoms with Gasteiger partial charge in [0, 0.05) is 12.7 Å². The van der Waals surface area contributed by atoms with Gasteiger partial charge in [0.15, 0.2) is 11.6 Å². The van der Waals surface area contributed by atoms with E-state index in [4.69, 9.17) is 23.2 Å². The standard InChI is InChI=1S/C10H11Cl2FN2/c11-7-3-9(13)10(14-4-7)15-5-8(12)6-1-2-6/h3-4,6,8H,1-2,5H2,(H,14,15). The summed E-state index contributed by atoms with van der Waals surface area (Å²) >= 11 is 11.7. The first kappa shape index (κ1) is 11.0. The van der Waals surface area contributed by atoms with Crippen molar-refractivity contribution in [3.8, 4) is 0 Å². The molecule has 0 bridgehead atoms. The van der Waals surface area contributed by atoms with Crippen LogP contribution in [0.5, 0.6) is 0 Å². The molecule has 82 valence electrons. The number of nitrogens with one attached hydrogen (secondary N) is 1. The van der Waals surface area contributed by atoms with Crippen LogP contribution in [0.25, 0.3) is 0 Å². The monoisotopic (exact) mass is 248 g/mol. The normalized spacial score (nSPS) is 17.5. The first-order valence-electron chi connectivity index (χ1n) is 4.86. The second-order valence-corrected chi connectivity index (χ2v) is 4.72. The highest BCUT2D eigenvalue weighted by atomic mass is 35.5. The van der Waals surface area contributed by atoms with E-state index in [2.05, 4.69) is 10.3 Å². The number of halogens is 3. The second kappa shape index (κ2) is 4.54. The first-order valence-corrected chi connectivity index (χ1v) is 5.67. The van der Waals surface area contributed by atoms with E-state index in [9.17, 15) is 4.39 Å². The van der Waals surface area contributed by atoms with E-state index >= 15 is 0 Å². The lowest BCUT2D eigenvalue weighted by atomic mass is 10.3. The molecule has 0 spiro atoms. The molecule has 1 heterocycles. The third kappa shape index (κ3) is 2.95. The SMILES string of the molecule is Fc1cc(Cl)cnc1NCC(Cl)C1CC1. The quantitative estimate of drug-likeness (QED) is 0.828. The lowest BCUT2D eigenvalue weighted by Crippen LogP contribution is -2.17. The minimum Gasteiger partial charge on any atom is -0.366 e. The molecule has 1 aliphatic rings. The molecule has 0 aliphatic heterocycles. The zero-order chi connectivity index (χ0) is 10.8. The van der Waals surface area contributed by atoms with Gasteiger partial charge in [-0.3, -0.25) is 0 Å². The van der Waals surface area contributed by atoms with E-state index < -0.39 is 5.82 Å². The maximum atomic E-state index is 13.3. The maximum Gasteiger partial charge on any atom is 0.166 e. The van der Waals surface area contributed by atoms with Gasteiger partial charge in [0.05, 0.1) is 10.4 Å². The minimum atomic E-state index is -0.442. The van der Waals surface area contributed by atoms with Gasteiger partial charge < -0.3 is 5.32 Å². The van der Waals surface area contributed by atoms with E-state index in [0.717, 1.165) is 0 Å². The fraction of sp³-hybridized carbons (Fsp3) is 0.500. The Kier molecular flexibility index (Phi) is 3.32. The summed E-state index contributed by atoms with van der Waals surface area (Å²) in [5.41, 5.74) is 0. The van der Waals surface area contributed by atoms with Crippen LogP contribution in [0, 0.1) is 11.7 Å². The Labute approximate surface area is 97.8 Å². The van der Waals surface area contributed by atoms with Gasteiger partial charge in [-0.05, 0) is 24.8 Å². The average Bonchev–Trinajstić information content (AvgIpc) is 2.99. The van der Waals surface area contributed by atoms with Crippen LogP contribution in [0.15, 0.2) is 12.3 Å². The van der Waals surface area contributed by atoms with Crippen molar-refractivity contribution in [2.24, 2.45) is 5.92 Å². The molecule has 2 rings (SSSR count). The molecule has 1 aromatic rings. The van der Waals surface area contributed by atoms with E-state index in [1.807, 2.05) is 0 Å². The van der Waals surface area contributed by atoms with Gasteiger partial charge in [-0.25, -0.2) is 9.37 Å². The van der Waals surface area contributed by atoms with E-state index in [-0.39, 0.29) is 11.2 Å². The van der Waals surface area contributed by atoms with Gasteiger partial charge in [-0.15, -0.1) is 11.6 Å². The lowest BCUT2D eigenvalue weighted by Gasteiger charge is -2.10. The first-order chi connectivity index (χ1) is 7.16. The van der Waals surface area contributed by atoms with Crippen molar-refractivity contribution < 1.29 is 4.39 Å². The van der Waals surface area contributed by atoms with Gasteiger partial charge in [0.2, 0.25) is 0 Å². The predicted octanol–water partition coefficient (Wildman–Crippen LogP) is 3.30. The Hall–Kier alpha value is -0.540. The third-order valence-electron chi connectivity index (χ3n) is 2.41. The molecule has 1 N–H and O–H groups in total. The molecular formula is C10H11Cl2FN2. The van der Waals surface area contributed by atoms with Gasteiger partial charge in [-0.2, -0.15) is 0 Å². The molecule has 0 radical (unpaired) electrons. The molecule has 0 amide bonds. The smallest absolute Gasteiger partial charge is 0.166 e. The van der Waals surface area contributed by atoms with Crippen LogP contribution < -0.4 is 5.32 Å². The molecule has 1 aliphatic carbocycles. The van der Waals surface area contributed by atoms with Crippen molar-refractivity contribution >= 4 is 29.0 Å². The van der Waals surface area contributed by atoms with Crippen LogP contribution in [-0.2, 0) is 0 Å². The summed E-state index contributed by atoms with van der Waals surface area (Å²) < 4.78 is 13.3. The van der Waals surface area contributed by atoms with Crippen LogP contribution in [0.2, 0.25) is 5.02 Å². The number of nitrogens with zero attached hydrogens (tertiary/aromatic N) is 1. The summed E-state index contributed by atoms with van der Waals surface area (Å²) in [5, 5.41) is 3.24. The van der Waals surface area contributed by atoms with Crippen molar-refractivity contribution in [1.82, 2.24) is 4.98 Å². The fourth-order valence-electron chi connectivity index (χ4n) is 1.36. The molecule has 1 unspecified atom stereocenters. The molecule has 0 saturated heterocycles. The van der Waals surface area contributed by atoms with Gasteiger partial charge in [0.1, 0.15) is 0 Å². The number of alkyl halides is 1. The topological polar surface area (TPSA) is 24.9 Å². The molecule has 5 heteroatoms. The predicted molar refractivity (Wildman–Crippen MR) is 60.1 cm³/mol. The molecule has 2 nitrogen and oxygen atoms in total. The van der Waals surface area contributed by atoms with Crippen LogP contribution in [0.3, 0.4) is 0 Å². The highest BCUT2D eigenvalue weighted by molar-refractivity contribution is 6.30. The second-order valence-electron chi connectivity index (χ2n) is 3.72. The molecule has 0 aromatic carbocycles. The maximum absolute atomic E-state index is 13.3. The van der Waals surface area contributed by atoms with Crippen molar-refractivity contribution in [2.45, 2.75) is 18.2 Å². The molecule has 1 saturated carbocycles. The summed E-state index contributed by atoms with van der Waals surface area (Å²) in [4.78, 5) is 3.85. The van der Waals surface area contributed by atoms with Gasteiger partial charge >= 0.3 is 0 Å². The zero-order valence-corrected chi connectivity index (χ0v) is 9.52. The highest BCUT2D eigenvalue weighted by Gasteiger charge is 2.29. The highest BCUT2D eigenvalue weighted by Crippen LogP contribution is 2.35. The zero-order valence-electron chi connectivity index (χ0n) is 8.01. The number of hydrogen-bond acceptors (Lipinski definition) is 2. The molecule has 1 aromatic heterocycles. The summed E-state index contributed by atoms with van der Waals surface area (Å²) in [6.45, 7) is 0.539. The third-order valence-corrected chi connectivity index (χ3v) is 3.12. The number of anilines is 1. The Morgan fingerprint density at radius 3 is 2.93 bits per heavy atom. The summed E-state index contributed by atoms with van der Waals surface area (Å²) in [6.07, 6.45) is 3.76. The van der Waals surface area contributed by atoms with Crippen LogP contribution >= 0.6 is 23.2 Å². The summed E-state index contributed by atoms with van der Waals surface area (Å²) in [6, 6.07) is 1.23. The molecule has 1 atom stereocenters. The van der Waals surface area contributed by atoms with E-state index in [1.165, 1.54) is 25.1 Å². The van der Waals surface area contributed by atoms with Crippen molar-refractivity contribution in [3.63, 3.8) is 0 Å². The number of rotatable bonds is 4.